The molecule has 0 amide bonds. The van der Waals surface area contributed by atoms with Crippen molar-refractivity contribution in [1.29, 1.82) is 0 Å². The monoisotopic (exact) mass is 252 g/mol. The average molecular weight is 252 g/mol. The molecule has 0 atom stereocenters. The van der Waals surface area contributed by atoms with E-state index in [0.717, 1.165) is 16.7 Å². The largest absolute Gasteiger partial charge is 0.462 e. The molecule has 3 nitrogen and oxygen atoms in total. The van der Waals surface area contributed by atoms with Crippen molar-refractivity contribution in [2.75, 3.05) is 12.9 Å². The molecule has 0 fully saturated rings. The highest BCUT2D eigenvalue weighted by atomic mass is 32.2. The highest BCUT2D eigenvalue weighted by Gasteiger charge is 2.09. The lowest BCUT2D eigenvalue weighted by molar-refractivity contribution is -0.107. The minimum atomic E-state index is -0.309. The number of ether oxygens (including phenoxy) is 1. The molecule has 1 rings (SSSR count). The highest BCUT2D eigenvalue weighted by molar-refractivity contribution is 7.98. The normalized spacial score (nSPS) is 10.0. The average Bonchev–Trinajstić information content (AvgIpc) is 2.36. The number of rotatable bonds is 6. The topological polar surface area (TPSA) is 43.4 Å². The Bertz CT molecular complexity index is 402. The van der Waals surface area contributed by atoms with Crippen LogP contribution < -0.4 is 0 Å². The van der Waals surface area contributed by atoms with Crippen LogP contribution in [0.2, 0.25) is 0 Å². The molecule has 1 aromatic rings. The molecule has 0 N–H and O–H groups in total. The van der Waals surface area contributed by atoms with Gasteiger partial charge < -0.3 is 9.53 Å². The van der Waals surface area contributed by atoms with Crippen LogP contribution in [0.1, 0.15) is 29.3 Å². The van der Waals surface area contributed by atoms with E-state index in [1.807, 2.05) is 18.4 Å². The maximum atomic E-state index is 11.6. The third-order valence-corrected chi connectivity index (χ3v) is 2.97. The Morgan fingerprint density at radius 2 is 2.18 bits per heavy atom. The molecular formula is C13H16O3S. The van der Waals surface area contributed by atoms with Crippen molar-refractivity contribution in [3.63, 3.8) is 0 Å². The predicted octanol–water partition coefficient (Wildman–Crippen LogP) is 2.72. The molecule has 0 saturated carbocycles. The Morgan fingerprint density at radius 1 is 1.41 bits per heavy atom. The fourth-order valence-electron chi connectivity index (χ4n) is 1.48. The van der Waals surface area contributed by atoms with E-state index in [-0.39, 0.29) is 5.97 Å². The quantitative estimate of drug-likeness (QED) is 0.443. The molecule has 0 spiro atoms. The van der Waals surface area contributed by atoms with E-state index in [1.165, 1.54) is 0 Å². The summed E-state index contributed by atoms with van der Waals surface area (Å²) >= 11 is 1.57. The van der Waals surface area contributed by atoms with E-state index >= 15 is 0 Å². The zero-order valence-electron chi connectivity index (χ0n) is 10.1. The maximum Gasteiger partial charge on any atom is 0.338 e. The predicted molar refractivity (Wildman–Crippen MR) is 68.6 cm³/mol. The second kappa shape index (κ2) is 7.12. The summed E-state index contributed by atoms with van der Waals surface area (Å²) in [4.78, 5) is 23.0. The first kappa shape index (κ1) is 13.8. The number of benzene rings is 1. The van der Waals surface area contributed by atoms with Gasteiger partial charge in [-0.3, -0.25) is 0 Å². The fourth-order valence-corrected chi connectivity index (χ4v) is 1.99. The summed E-state index contributed by atoms with van der Waals surface area (Å²) in [6, 6.07) is 5.60. The fraction of sp³-hybridized carbons (Fsp3) is 0.385. The number of aryl methyl sites for hydroxylation is 1. The molecule has 0 bridgehead atoms. The van der Waals surface area contributed by atoms with Crippen molar-refractivity contribution >= 4 is 24.0 Å². The number of carbonyl (C=O) groups excluding carboxylic acids is 2. The number of hydrogen-bond acceptors (Lipinski definition) is 4. The van der Waals surface area contributed by atoms with Crippen LogP contribution >= 0.6 is 11.8 Å². The standard InChI is InChI=1S/C13H16O3S/c1-3-16-13(15)11-7-10(5-4-6-14)8-12(9-11)17-2/h6-9H,3-5H2,1-2H3. The van der Waals surface area contributed by atoms with E-state index in [0.29, 0.717) is 25.0 Å². The summed E-state index contributed by atoms with van der Waals surface area (Å²) in [5.41, 5.74) is 1.55. The van der Waals surface area contributed by atoms with Crippen molar-refractivity contribution in [3.8, 4) is 0 Å². The van der Waals surface area contributed by atoms with Gasteiger partial charge in [-0.05, 0) is 43.4 Å². The van der Waals surface area contributed by atoms with Crippen LogP contribution in [-0.2, 0) is 16.0 Å². The van der Waals surface area contributed by atoms with Crippen LogP contribution in [0.15, 0.2) is 23.1 Å². The van der Waals surface area contributed by atoms with E-state index in [1.54, 1.807) is 24.8 Å². The highest BCUT2D eigenvalue weighted by Crippen LogP contribution is 2.20. The minimum absolute atomic E-state index is 0.309. The maximum absolute atomic E-state index is 11.6. The van der Waals surface area contributed by atoms with Gasteiger partial charge >= 0.3 is 5.97 Å². The molecule has 0 aromatic heterocycles. The molecule has 0 aliphatic heterocycles. The van der Waals surface area contributed by atoms with E-state index in [9.17, 15) is 9.59 Å². The first-order valence-corrected chi connectivity index (χ1v) is 6.72. The van der Waals surface area contributed by atoms with Crippen molar-refractivity contribution in [2.45, 2.75) is 24.7 Å². The van der Waals surface area contributed by atoms with Gasteiger partial charge in [0.1, 0.15) is 6.29 Å². The molecule has 0 aliphatic rings. The van der Waals surface area contributed by atoms with Crippen molar-refractivity contribution < 1.29 is 14.3 Å². The lowest BCUT2D eigenvalue weighted by atomic mass is 10.1. The Balaban J connectivity index is 2.95. The van der Waals surface area contributed by atoms with Gasteiger partial charge in [0.2, 0.25) is 0 Å². The van der Waals surface area contributed by atoms with Crippen molar-refractivity contribution in [3.05, 3.63) is 29.3 Å². The van der Waals surface area contributed by atoms with Crippen LogP contribution in [0.5, 0.6) is 0 Å². The van der Waals surface area contributed by atoms with Gasteiger partial charge in [0.15, 0.2) is 0 Å². The van der Waals surface area contributed by atoms with Crippen LogP contribution in [0.3, 0.4) is 0 Å². The first-order valence-electron chi connectivity index (χ1n) is 5.50. The van der Waals surface area contributed by atoms with Crippen molar-refractivity contribution in [1.82, 2.24) is 0 Å². The van der Waals surface area contributed by atoms with Crippen LogP contribution in [0, 0.1) is 0 Å². The summed E-state index contributed by atoms with van der Waals surface area (Å²) in [6.07, 6.45) is 3.97. The smallest absolute Gasteiger partial charge is 0.338 e. The Kier molecular flexibility index (Phi) is 5.77. The number of thioether (sulfide) groups is 1. The van der Waals surface area contributed by atoms with Gasteiger partial charge in [0, 0.05) is 11.3 Å². The zero-order valence-corrected chi connectivity index (χ0v) is 10.9. The minimum Gasteiger partial charge on any atom is -0.462 e. The van der Waals surface area contributed by atoms with Crippen LogP contribution in [0.25, 0.3) is 0 Å². The lowest BCUT2D eigenvalue weighted by Crippen LogP contribution is -2.05. The molecule has 1 aromatic carbocycles. The van der Waals surface area contributed by atoms with E-state index < -0.39 is 0 Å². The van der Waals surface area contributed by atoms with Gasteiger partial charge in [-0.1, -0.05) is 0 Å². The van der Waals surface area contributed by atoms with Crippen LogP contribution in [-0.4, -0.2) is 25.1 Å². The molecule has 0 unspecified atom stereocenters. The van der Waals surface area contributed by atoms with E-state index in [2.05, 4.69) is 0 Å². The van der Waals surface area contributed by atoms with Crippen LogP contribution in [0.4, 0.5) is 0 Å². The van der Waals surface area contributed by atoms with Gasteiger partial charge in [0.05, 0.1) is 12.2 Å². The van der Waals surface area contributed by atoms with E-state index in [4.69, 9.17) is 4.74 Å². The van der Waals surface area contributed by atoms with Gasteiger partial charge in [0.25, 0.3) is 0 Å². The van der Waals surface area contributed by atoms with Gasteiger partial charge in [-0.15, -0.1) is 11.8 Å². The summed E-state index contributed by atoms with van der Waals surface area (Å²) in [6.45, 7) is 2.15. The third-order valence-electron chi connectivity index (χ3n) is 2.26. The molecule has 0 radical (unpaired) electrons. The molecule has 17 heavy (non-hydrogen) atoms. The SMILES string of the molecule is CCOC(=O)c1cc(CCC=O)cc(SC)c1. The number of esters is 1. The van der Waals surface area contributed by atoms with Gasteiger partial charge in [-0.2, -0.15) is 0 Å². The number of aldehydes is 1. The molecule has 0 heterocycles. The van der Waals surface area contributed by atoms with Crippen molar-refractivity contribution in [2.24, 2.45) is 0 Å². The Hall–Kier alpha value is -1.29. The third kappa shape index (κ3) is 4.23. The zero-order chi connectivity index (χ0) is 12.7. The number of carbonyl (C=O) groups is 2. The second-order valence-corrected chi connectivity index (χ2v) is 4.38. The molecular weight excluding hydrogens is 236 g/mol. The molecule has 0 saturated heterocycles. The molecule has 0 aliphatic carbocycles. The summed E-state index contributed by atoms with van der Waals surface area (Å²) < 4.78 is 4.97. The molecule has 4 heteroatoms. The Morgan fingerprint density at radius 3 is 2.76 bits per heavy atom. The summed E-state index contributed by atoms with van der Waals surface area (Å²) in [5, 5.41) is 0. The number of hydrogen-bond donors (Lipinski definition) is 0. The molecule has 92 valence electrons. The lowest BCUT2D eigenvalue weighted by Gasteiger charge is -2.07. The first-order chi connectivity index (χ1) is 8.21. The van der Waals surface area contributed by atoms with Gasteiger partial charge in [-0.25, -0.2) is 4.79 Å². The Labute approximate surface area is 106 Å². The second-order valence-electron chi connectivity index (χ2n) is 3.50. The summed E-state index contributed by atoms with van der Waals surface area (Å²) in [5.74, 6) is -0.309. The summed E-state index contributed by atoms with van der Waals surface area (Å²) in [7, 11) is 0.